The second-order valence-electron chi connectivity index (χ2n) is 18.9. The number of phenols is 1. The van der Waals surface area contributed by atoms with Gasteiger partial charge in [0.05, 0.1) is 25.3 Å². The van der Waals surface area contributed by atoms with Crippen LogP contribution in [0.3, 0.4) is 0 Å². The first-order chi connectivity index (χ1) is 39.5. The van der Waals surface area contributed by atoms with E-state index in [1.807, 2.05) is 10.6 Å². The molecule has 0 spiro atoms. The molecule has 0 unspecified atom stereocenters. The van der Waals surface area contributed by atoms with Gasteiger partial charge in [-0.2, -0.15) is 0 Å². The zero-order valence-electron chi connectivity index (χ0n) is 44.9. The number of hydrogen-bond donors (Lipinski definition) is 18. The Bertz CT molecular complexity index is 2690. The van der Waals surface area contributed by atoms with Crippen LogP contribution in [0.25, 0.3) is 0 Å². The number of phenolic OH excluding ortho intramolecular Hbond substituents is 1. The molecule has 33 heteroatoms. The summed E-state index contributed by atoms with van der Waals surface area (Å²) >= 11 is 0. The average Bonchev–Trinajstić information content (AvgIpc) is 3.50. The van der Waals surface area contributed by atoms with E-state index in [-0.39, 0.29) is 37.1 Å². The fourth-order valence-electron chi connectivity index (χ4n) is 7.73. The number of carbonyl (C=O) groups is 15. The number of amides is 8. The first-order valence-corrected chi connectivity index (χ1v) is 25.7. The SMILES string of the molecule is NCCCC[C@H](NC(=O)[C@@H](N)CC(=O)O)C(=O)N[C@@H](Cc1ccc(O)cc1)C(=O)N[C@@H](CC(=O)O)C(=O)N[C@@H](CC(=O)O)C(=O)N[C@@H](CCC(=O)O)C(=O)N[C@@H](CCC(=O)O)C(=O)N[C@@H](Cc1ccccc1)C(=O)N[C@@H](CCC(=O)O)C(=O)O. The Balaban J connectivity index is 2.54. The molecule has 2 aromatic rings. The number of unbranched alkanes of at least 4 members (excludes halogenated alkanes) is 1. The summed E-state index contributed by atoms with van der Waals surface area (Å²) in [7, 11) is 0. The molecule has 0 saturated carbocycles. The van der Waals surface area contributed by atoms with E-state index in [1.165, 1.54) is 36.4 Å². The summed E-state index contributed by atoms with van der Waals surface area (Å²) < 4.78 is 0. The maximum Gasteiger partial charge on any atom is 0.326 e. The lowest BCUT2D eigenvalue weighted by atomic mass is 10.0. The first kappa shape index (κ1) is 70.3. The quantitative estimate of drug-likeness (QED) is 0.0280. The predicted octanol–water partition coefficient (Wildman–Crippen LogP) is -4.38. The number of nitrogens with two attached hydrogens (primary N) is 2. The van der Waals surface area contributed by atoms with Gasteiger partial charge in [0.15, 0.2) is 0 Å². The number of carbonyl (C=O) groups excluding carboxylic acids is 8. The Labute approximate surface area is 477 Å². The summed E-state index contributed by atoms with van der Waals surface area (Å²) in [6.07, 6.45) is -8.59. The highest BCUT2D eigenvalue weighted by Gasteiger charge is 2.37. The third-order valence-electron chi connectivity index (χ3n) is 12.1. The third-order valence-corrected chi connectivity index (χ3v) is 12.1. The van der Waals surface area contributed by atoms with Crippen LogP contribution < -0.4 is 54.0 Å². The minimum atomic E-state index is -2.30. The molecule has 33 nitrogen and oxygen atoms in total. The molecule has 0 aromatic heterocycles. The van der Waals surface area contributed by atoms with Crippen molar-refractivity contribution in [3.8, 4) is 5.75 Å². The van der Waals surface area contributed by atoms with Crippen molar-refractivity contribution in [2.75, 3.05) is 6.54 Å². The Morgan fingerprint density at radius 2 is 0.679 bits per heavy atom. The lowest BCUT2D eigenvalue weighted by Gasteiger charge is -2.27. The summed E-state index contributed by atoms with van der Waals surface area (Å²) in [5.74, 6) is -21.8. The van der Waals surface area contributed by atoms with Gasteiger partial charge in [0.1, 0.15) is 54.1 Å². The average molecular weight is 1190 g/mol. The third kappa shape index (κ3) is 27.1. The smallest absolute Gasteiger partial charge is 0.326 e. The van der Waals surface area contributed by atoms with Crippen molar-refractivity contribution >= 4 is 89.0 Å². The van der Waals surface area contributed by atoms with E-state index < -0.39 is 208 Å². The van der Waals surface area contributed by atoms with E-state index in [9.17, 15) is 103 Å². The lowest BCUT2D eigenvalue weighted by Crippen LogP contribution is -2.61. The molecule has 20 N–H and O–H groups in total. The summed E-state index contributed by atoms with van der Waals surface area (Å²) in [6, 6.07) is -4.17. The van der Waals surface area contributed by atoms with Crippen LogP contribution in [0.2, 0.25) is 0 Å². The molecule has 0 radical (unpaired) electrons. The molecule has 8 amide bonds. The molecule has 2 aromatic carbocycles. The van der Waals surface area contributed by atoms with Gasteiger partial charge in [0, 0.05) is 32.1 Å². The van der Waals surface area contributed by atoms with Crippen molar-refractivity contribution in [1.29, 1.82) is 0 Å². The van der Waals surface area contributed by atoms with Gasteiger partial charge in [-0.25, -0.2) is 4.79 Å². The Morgan fingerprint density at radius 3 is 1.06 bits per heavy atom. The summed E-state index contributed by atoms with van der Waals surface area (Å²) in [4.78, 5) is 192. The van der Waals surface area contributed by atoms with Crippen LogP contribution >= 0.6 is 0 Å². The van der Waals surface area contributed by atoms with Gasteiger partial charge in [0.2, 0.25) is 47.3 Å². The molecule has 0 heterocycles. The molecule has 0 aliphatic heterocycles. The van der Waals surface area contributed by atoms with Crippen molar-refractivity contribution in [3.63, 3.8) is 0 Å². The van der Waals surface area contributed by atoms with Gasteiger partial charge in [-0.15, -0.1) is 0 Å². The fraction of sp³-hybridized carbons (Fsp3) is 0.471. The van der Waals surface area contributed by atoms with E-state index in [1.54, 1.807) is 18.2 Å². The summed E-state index contributed by atoms with van der Waals surface area (Å²) in [5, 5.41) is 93.8. The molecule has 9 atom stereocenters. The fourth-order valence-corrected chi connectivity index (χ4v) is 7.73. The largest absolute Gasteiger partial charge is 0.508 e. The van der Waals surface area contributed by atoms with Gasteiger partial charge in [-0.1, -0.05) is 42.5 Å². The van der Waals surface area contributed by atoms with Crippen LogP contribution in [0.5, 0.6) is 5.75 Å². The zero-order valence-corrected chi connectivity index (χ0v) is 44.9. The molecule has 84 heavy (non-hydrogen) atoms. The predicted molar refractivity (Wildman–Crippen MR) is 283 cm³/mol. The molecular weight excluding hydrogens is 1120 g/mol. The molecule has 0 aliphatic rings. The normalized spacial score (nSPS) is 14.0. The van der Waals surface area contributed by atoms with Crippen LogP contribution in [-0.2, 0) is 84.8 Å². The molecule has 2 rings (SSSR count). The first-order valence-electron chi connectivity index (χ1n) is 25.7. The maximum atomic E-state index is 14.1. The molecule has 0 fully saturated rings. The van der Waals surface area contributed by atoms with Gasteiger partial charge in [-0.05, 0) is 68.3 Å². The van der Waals surface area contributed by atoms with E-state index in [0.717, 1.165) is 0 Å². The standard InChI is InChI=1S/C51H68N10O23/c52-19-5-4-8-29(54-43(75)28(53)22-40(69)70)44(76)58-34(21-26-9-11-27(62)12-10-26)48(80)60-36(24-42(73)74)50(82)61-35(23-41(71)72)49(81)56-30(13-16-37(63)64)45(77)55-31(14-17-38(65)66)46(78)59-33(20-25-6-2-1-3-7-25)47(79)57-32(51(83)84)15-18-39(67)68/h1-3,6-7,9-12,28-36,62H,4-5,8,13-24,52-53H2,(H,54,75)(H,55,77)(H,56,81)(H,57,79)(H,58,76)(H,59,78)(H,60,80)(H,61,82)(H,63,64)(H,65,66)(H,67,68)(H,69,70)(H,71,72)(H,73,74)(H,83,84)/t28-,29-,30-,31-,32-,33-,34-,35-,36-/m0/s1. The number of hydrogen-bond acceptors (Lipinski definition) is 18. The van der Waals surface area contributed by atoms with Crippen molar-refractivity contribution in [2.45, 2.75) is 144 Å². The highest BCUT2D eigenvalue weighted by atomic mass is 16.4. The number of aromatic hydroxyl groups is 1. The number of carboxylic acids is 7. The van der Waals surface area contributed by atoms with Crippen LogP contribution in [0.1, 0.15) is 88.2 Å². The zero-order chi connectivity index (χ0) is 63.2. The maximum absolute atomic E-state index is 14.1. The van der Waals surface area contributed by atoms with Gasteiger partial charge in [-0.3, -0.25) is 67.1 Å². The Morgan fingerprint density at radius 1 is 0.357 bits per heavy atom. The Hall–Kier alpha value is -9.79. The summed E-state index contributed by atoms with van der Waals surface area (Å²) in [5.41, 5.74) is 11.9. The molecule has 460 valence electrons. The van der Waals surface area contributed by atoms with Gasteiger partial charge >= 0.3 is 41.8 Å². The van der Waals surface area contributed by atoms with Crippen LogP contribution in [0, 0.1) is 0 Å². The highest BCUT2D eigenvalue weighted by Crippen LogP contribution is 2.14. The van der Waals surface area contributed by atoms with Crippen molar-refractivity contribution < 1.29 is 113 Å². The van der Waals surface area contributed by atoms with E-state index >= 15 is 0 Å². The lowest BCUT2D eigenvalue weighted by molar-refractivity contribution is -0.144. The van der Waals surface area contributed by atoms with Gasteiger partial charge < -0.3 is 94.9 Å². The Kier molecular flexibility index (Phi) is 30.0. The van der Waals surface area contributed by atoms with Crippen LogP contribution in [-0.4, -0.2) is 191 Å². The topological polar surface area (TPSA) is 566 Å². The number of rotatable bonds is 40. The molecule has 0 bridgehead atoms. The molecular formula is C51H68N10O23. The van der Waals surface area contributed by atoms with E-state index in [2.05, 4.69) is 31.9 Å². The second kappa shape index (κ2) is 35.8. The minimum absolute atomic E-state index is 0.133. The number of nitrogens with one attached hydrogen (secondary N) is 8. The van der Waals surface area contributed by atoms with E-state index in [0.29, 0.717) is 12.0 Å². The number of aliphatic carboxylic acids is 7. The highest BCUT2D eigenvalue weighted by molar-refractivity contribution is 6.00. The minimum Gasteiger partial charge on any atom is -0.508 e. The summed E-state index contributed by atoms with van der Waals surface area (Å²) in [6.45, 7) is 0.148. The van der Waals surface area contributed by atoms with Crippen molar-refractivity contribution in [2.24, 2.45) is 11.5 Å². The molecule has 0 aliphatic carbocycles. The van der Waals surface area contributed by atoms with E-state index in [4.69, 9.17) is 21.7 Å². The van der Waals surface area contributed by atoms with Crippen molar-refractivity contribution in [3.05, 3.63) is 65.7 Å². The number of benzene rings is 2. The van der Waals surface area contributed by atoms with Gasteiger partial charge in [0.25, 0.3) is 0 Å². The van der Waals surface area contributed by atoms with Crippen LogP contribution in [0.15, 0.2) is 54.6 Å². The molecule has 0 saturated heterocycles. The number of carboxylic acid groups (broad SMARTS) is 7. The van der Waals surface area contributed by atoms with Crippen molar-refractivity contribution in [1.82, 2.24) is 42.5 Å². The second-order valence-corrected chi connectivity index (χ2v) is 18.9. The monoisotopic (exact) mass is 1190 g/mol. The van der Waals surface area contributed by atoms with Crippen LogP contribution in [0.4, 0.5) is 0 Å².